The first kappa shape index (κ1) is 23.6. The van der Waals surface area contributed by atoms with E-state index in [9.17, 15) is 0 Å². The topological polar surface area (TPSA) is 16.1 Å². The van der Waals surface area contributed by atoms with Gasteiger partial charge in [0.15, 0.2) is 0 Å². The third-order valence-electron chi connectivity index (χ3n) is 8.45. The first-order valence-corrected chi connectivity index (χ1v) is 15.0. The summed E-state index contributed by atoms with van der Waals surface area (Å²) < 4.78 is 0. The molecule has 7 aromatic carbocycles. The summed E-state index contributed by atoms with van der Waals surface area (Å²) in [6, 6.07) is 50.3. The standard InChI is InChI=1S/C39H24N2S/c1-2-14-26-25(12-1)13-11-18-27(26)37-28-15-3-4-16-29(28)39(31-24-40-32-19-6-5-17-30(32)38(31)37)41-33-20-7-9-22-35(33)42-36-23-10-8-21-34(36)41/h1-24H. The van der Waals surface area contributed by atoms with Crippen LogP contribution < -0.4 is 4.90 Å². The van der Waals surface area contributed by atoms with Crippen molar-refractivity contribution in [1.82, 2.24) is 4.98 Å². The highest BCUT2D eigenvalue weighted by molar-refractivity contribution is 7.99. The van der Waals surface area contributed by atoms with Crippen molar-refractivity contribution in [1.29, 1.82) is 0 Å². The quantitative estimate of drug-likeness (QED) is 0.157. The molecule has 1 aliphatic rings. The average molecular weight is 553 g/mol. The van der Waals surface area contributed by atoms with E-state index >= 15 is 0 Å². The molecule has 0 saturated heterocycles. The molecule has 196 valence electrons. The van der Waals surface area contributed by atoms with E-state index in [0.29, 0.717) is 0 Å². The molecule has 0 aliphatic carbocycles. The maximum Gasteiger partial charge on any atom is 0.0708 e. The molecular weight excluding hydrogens is 529 g/mol. The van der Waals surface area contributed by atoms with Crippen LogP contribution in [0.2, 0.25) is 0 Å². The van der Waals surface area contributed by atoms with Crippen LogP contribution >= 0.6 is 11.8 Å². The normalized spacial score (nSPS) is 12.6. The Balaban J connectivity index is 1.52. The van der Waals surface area contributed by atoms with Crippen LogP contribution in [0.1, 0.15) is 0 Å². The van der Waals surface area contributed by atoms with Crippen LogP contribution in [0, 0.1) is 0 Å². The number of fused-ring (bicyclic) bond motifs is 7. The molecule has 1 aliphatic heterocycles. The lowest BCUT2D eigenvalue weighted by atomic mass is 9.87. The van der Waals surface area contributed by atoms with Gasteiger partial charge < -0.3 is 4.90 Å². The predicted octanol–water partition coefficient (Wildman–Crippen LogP) is 11.3. The molecule has 2 heterocycles. The smallest absolute Gasteiger partial charge is 0.0708 e. The number of para-hydroxylation sites is 3. The third-order valence-corrected chi connectivity index (χ3v) is 9.58. The van der Waals surface area contributed by atoms with E-state index in [1.165, 1.54) is 64.9 Å². The van der Waals surface area contributed by atoms with Crippen molar-refractivity contribution in [3.05, 3.63) is 146 Å². The molecule has 2 nitrogen and oxygen atoms in total. The molecule has 8 aromatic rings. The Morgan fingerprint density at radius 3 is 1.86 bits per heavy atom. The second-order valence-corrected chi connectivity index (χ2v) is 11.8. The maximum atomic E-state index is 5.05. The lowest BCUT2D eigenvalue weighted by molar-refractivity contribution is 1.18. The van der Waals surface area contributed by atoms with Crippen molar-refractivity contribution in [3.63, 3.8) is 0 Å². The zero-order valence-electron chi connectivity index (χ0n) is 22.7. The third kappa shape index (κ3) is 3.38. The van der Waals surface area contributed by atoms with Gasteiger partial charge in [-0.3, -0.25) is 4.98 Å². The summed E-state index contributed by atoms with van der Waals surface area (Å²) in [6.07, 6.45) is 2.10. The molecule has 0 N–H and O–H groups in total. The molecule has 1 aromatic heterocycles. The minimum absolute atomic E-state index is 1.00. The van der Waals surface area contributed by atoms with Gasteiger partial charge in [-0.25, -0.2) is 0 Å². The van der Waals surface area contributed by atoms with E-state index < -0.39 is 0 Å². The molecule has 0 bridgehead atoms. The van der Waals surface area contributed by atoms with Crippen LogP contribution in [0.3, 0.4) is 0 Å². The van der Waals surface area contributed by atoms with E-state index in [4.69, 9.17) is 4.98 Å². The van der Waals surface area contributed by atoms with Gasteiger partial charge >= 0.3 is 0 Å². The Kier molecular flexibility index (Phi) is 5.16. The van der Waals surface area contributed by atoms with Crippen molar-refractivity contribution >= 4 is 72.0 Å². The predicted molar refractivity (Wildman–Crippen MR) is 179 cm³/mol. The van der Waals surface area contributed by atoms with Gasteiger partial charge in [0.05, 0.1) is 22.6 Å². The SMILES string of the molecule is c1ccc2c(c1)Sc1ccccc1N2c1c2ccccc2c(-c2cccc3ccccc23)c2c1cnc1ccccc12. The van der Waals surface area contributed by atoms with Gasteiger partial charge in [-0.15, -0.1) is 0 Å². The van der Waals surface area contributed by atoms with Gasteiger partial charge in [0, 0.05) is 37.5 Å². The minimum atomic E-state index is 1.00. The fraction of sp³-hybridized carbons (Fsp3) is 0. The lowest BCUT2D eigenvalue weighted by Crippen LogP contribution is -2.16. The van der Waals surface area contributed by atoms with Crippen molar-refractivity contribution in [2.45, 2.75) is 9.79 Å². The number of aromatic nitrogens is 1. The Hall–Kier alpha value is -5.12. The summed E-state index contributed by atoms with van der Waals surface area (Å²) in [4.78, 5) is 10.0. The van der Waals surface area contributed by atoms with E-state index in [2.05, 4.69) is 151 Å². The van der Waals surface area contributed by atoms with Crippen molar-refractivity contribution < 1.29 is 0 Å². The number of pyridine rings is 1. The van der Waals surface area contributed by atoms with Crippen LogP contribution in [-0.2, 0) is 0 Å². The summed E-state index contributed by atoms with van der Waals surface area (Å²) in [6.45, 7) is 0. The average Bonchev–Trinajstić information content (AvgIpc) is 3.06. The van der Waals surface area contributed by atoms with E-state index in [0.717, 1.165) is 16.3 Å². The molecular formula is C39H24N2S. The van der Waals surface area contributed by atoms with Gasteiger partial charge in [-0.2, -0.15) is 0 Å². The van der Waals surface area contributed by atoms with Crippen LogP contribution in [0.4, 0.5) is 17.1 Å². The summed E-state index contributed by atoms with van der Waals surface area (Å²) in [5.41, 5.74) is 7.06. The van der Waals surface area contributed by atoms with Gasteiger partial charge in [-0.1, -0.05) is 121 Å². The molecule has 3 heteroatoms. The van der Waals surface area contributed by atoms with E-state index in [1.807, 2.05) is 11.8 Å². The van der Waals surface area contributed by atoms with Gasteiger partial charge in [0.25, 0.3) is 0 Å². The van der Waals surface area contributed by atoms with Gasteiger partial charge in [-0.05, 0) is 57.6 Å². The Morgan fingerprint density at radius 2 is 1.07 bits per heavy atom. The largest absolute Gasteiger partial charge is 0.307 e. The number of anilines is 3. The first-order valence-electron chi connectivity index (χ1n) is 14.2. The molecule has 0 radical (unpaired) electrons. The van der Waals surface area contributed by atoms with E-state index in [-0.39, 0.29) is 0 Å². The number of benzene rings is 7. The highest BCUT2D eigenvalue weighted by Crippen LogP contribution is 2.56. The summed E-state index contributed by atoms with van der Waals surface area (Å²) in [5.74, 6) is 0. The Labute approximate surface area is 247 Å². The zero-order chi connectivity index (χ0) is 27.6. The van der Waals surface area contributed by atoms with Crippen LogP contribution in [0.15, 0.2) is 156 Å². The molecule has 0 amide bonds. The number of hydrogen-bond donors (Lipinski definition) is 0. The highest BCUT2D eigenvalue weighted by atomic mass is 32.2. The van der Waals surface area contributed by atoms with Crippen LogP contribution in [0.25, 0.3) is 54.3 Å². The molecule has 9 rings (SSSR count). The Morgan fingerprint density at radius 1 is 0.476 bits per heavy atom. The molecule has 42 heavy (non-hydrogen) atoms. The van der Waals surface area contributed by atoms with E-state index in [1.54, 1.807) is 0 Å². The summed E-state index contributed by atoms with van der Waals surface area (Å²) >= 11 is 1.84. The van der Waals surface area contributed by atoms with Gasteiger partial charge in [0.1, 0.15) is 0 Å². The number of hydrogen-bond acceptors (Lipinski definition) is 3. The van der Waals surface area contributed by atoms with Crippen LogP contribution in [0.5, 0.6) is 0 Å². The molecule has 0 unspecified atom stereocenters. The van der Waals surface area contributed by atoms with Crippen molar-refractivity contribution in [2.24, 2.45) is 0 Å². The Bertz CT molecular complexity index is 2310. The number of rotatable bonds is 2. The molecule has 0 fully saturated rings. The first-order chi connectivity index (χ1) is 20.9. The fourth-order valence-corrected chi connectivity index (χ4v) is 7.75. The lowest BCUT2D eigenvalue weighted by Gasteiger charge is -2.35. The monoisotopic (exact) mass is 552 g/mol. The fourth-order valence-electron chi connectivity index (χ4n) is 6.69. The zero-order valence-corrected chi connectivity index (χ0v) is 23.5. The second-order valence-electron chi connectivity index (χ2n) is 10.7. The van der Waals surface area contributed by atoms with Gasteiger partial charge in [0.2, 0.25) is 0 Å². The summed E-state index contributed by atoms with van der Waals surface area (Å²) in [5, 5.41) is 8.49. The van der Waals surface area contributed by atoms with Crippen LogP contribution in [-0.4, -0.2) is 4.98 Å². The van der Waals surface area contributed by atoms with Crippen molar-refractivity contribution in [3.8, 4) is 11.1 Å². The van der Waals surface area contributed by atoms with Crippen molar-refractivity contribution in [2.75, 3.05) is 4.90 Å². The minimum Gasteiger partial charge on any atom is -0.307 e. The number of nitrogens with zero attached hydrogens (tertiary/aromatic N) is 2. The highest BCUT2D eigenvalue weighted by Gasteiger charge is 2.29. The molecule has 0 saturated carbocycles. The maximum absolute atomic E-state index is 5.05. The summed E-state index contributed by atoms with van der Waals surface area (Å²) in [7, 11) is 0. The molecule has 0 atom stereocenters. The molecule has 0 spiro atoms. The second kappa shape index (κ2) is 9.20.